The first-order chi connectivity index (χ1) is 13.1. The maximum Gasteiger partial charge on any atom is 0.340 e. The maximum atomic E-state index is 12.3. The third kappa shape index (κ3) is 3.52. The molecule has 0 bridgehead atoms. The zero-order valence-corrected chi connectivity index (χ0v) is 14.6. The zero-order valence-electron chi connectivity index (χ0n) is 14.6. The van der Waals surface area contributed by atoms with Crippen molar-refractivity contribution in [2.75, 3.05) is 20.4 Å². The molecule has 0 N–H and O–H groups in total. The van der Waals surface area contributed by atoms with E-state index >= 15 is 0 Å². The lowest BCUT2D eigenvalue weighted by atomic mass is 10.1. The van der Waals surface area contributed by atoms with Crippen molar-refractivity contribution in [1.82, 2.24) is 4.90 Å². The number of methoxy groups -OCH3 is 1. The number of hydrogen-bond donors (Lipinski definition) is 0. The molecule has 1 aliphatic heterocycles. The number of carbonyl (C=O) groups excluding carboxylic acids is 3. The SMILES string of the molecule is C=CCOc1ccc(C(=O)OCN2C(=O)c3ccccc3C2=O)cc1OC. The summed E-state index contributed by atoms with van der Waals surface area (Å²) in [4.78, 5) is 37.7. The van der Waals surface area contributed by atoms with Crippen LogP contribution in [0.3, 0.4) is 0 Å². The molecule has 0 saturated carbocycles. The molecule has 138 valence electrons. The van der Waals surface area contributed by atoms with Crippen LogP contribution in [-0.4, -0.2) is 43.1 Å². The van der Waals surface area contributed by atoms with Gasteiger partial charge in [0.2, 0.25) is 0 Å². The van der Waals surface area contributed by atoms with E-state index in [1.807, 2.05) is 0 Å². The second kappa shape index (κ2) is 7.74. The Bertz CT molecular complexity index is 885. The smallest absolute Gasteiger partial charge is 0.340 e. The number of ether oxygens (including phenoxy) is 3. The van der Waals surface area contributed by atoms with Crippen LogP contribution in [0.15, 0.2) is 55.1 Å². The first kappa shape index (κ1) is 18.2. The Morgan fingerprint density at radius 3 is 2.33 bits per heavy atom. The van der Waals surface area contributed by atoms with E-state index < -0.39 is 24.5 Å². The van der Waals surface area contributed by atoms with Gasteiger partial charge in [-0.25, -0.2) is 9.69 Å². The molecule has 7 nitrogen and oxygen atoms in total. The van der Waals surface area contributed by atoms with Gasteiger partial charge >= 0.3 is 5.97 Å². The first-order valence-electron chi connectivity index (χ1n) is 8.11. The van der Waals surface area contributed by atoms with Gasteiger partial charge in [0, 0.05) is 0 Å². The average Bonchev–Trinajstić information content (AvgIpc) is 2.95. The molecule has 0 unspecified atom stereocenters. The topological polar surface area (TPSA) is 82.1 Å². The molecule has 2 aromatic carbocycles. The predicted octanol–water partition coefficient (Wildman–Crippen LogP) is 2.67. The van der Waals surface area contributed by atoms with Crippen molar-refractivity contribution in [3.05, 3.63) is 71.8 Å². The Balaban J connectivity index is 1.69. The van der Waals surface area contributed by atoms with Crippen LogP contribution in [0.1, 0.15) is 31.1 Å². The van der Waals surface area contributed by atoms with Gasteiger partial charge in [-0.05, 0) is 30.3 Å². The van der Waals surface area contributed by atoms with Crippen LogP contribution in [0.5, 0.6) is 11.5 Å². The van der Waals surface area contributed by atoms with Crippen molar-refractivity contribution in [3.8, 4) is 11.5 Å². The highest BCUT2D eigenvalue weighted by Crippen LogP contribution is 2.28. The first-order valence-corrected chi connectivity index (χ1v) is 8.11. The molecule has 0 saturated heterocycles. The van der Waals surface area contributed by atoms with Gasteiger partial charge in [-0.1, -0.05) is 24.8 Å². The molecule has 0 fully saturated rings. The van der Waals surface area contributed by atoms with Gasteiger partial charge in [0.1, 0.15) is 6.61 Å². The summed E-state index contributed by atoms with van der Waals surface area (Å²) in [6.07, 6.45) is 1.59. The summed E-state index contributed by atoms with van der Waals surface area (Å²) in [7, 11) is 1.45. The van der Waals surface area contributed by atoms with Gasteiger partial charge in [0.15, 0.2) is 18.2 Å². The van der Waals surface area contributed by atoms with Crippen molar-refractivity contribution in [2.24, 2.45) is 0 Å². The number of imide groups is 1. The molecule has 2 aromatic rings. The van der Waals surface area contributed by atoms with Crippen molar-refractivity contribution in [3.63, 3.8) is 0 Å². The van der Waals surface area contributed by atoms with Crippen LogP contribution < -0.4 is 9.47 Å². The molecule has 1 heterocycles. The van der Waals surface area contributed by atoms with Crippen molar-refractivity contribution in [1.29, 1.82) is 0 Å². The van der Waals surface area contributed by atoms with Gasteiger partial charge in [-0.15, -0.1) is 0 Å². The van der Waals surface area contributed by atoms with Gasteiger partial charge < -0.3 is 14.2 Å². The van der Waals surface area contributed by atoms with Crippen LogP contribution in [0.2, 0.25) is 0 Å². The largest absolute Gasteiger partial charge is 0.493 e. The number of benzene rings is 2. The molecular formula is C20H17NO6. The number of carbonyl (C=O) groups is 3. The lowest BCUT2D eigenvalue weighted by Crippen LogP contribution is -2.33. The van der Waals surface area contributed by atoms with Crippen molar-refractivity contribution >= 4 is 17.8 Å². The summed E-state index contributed by atoms with van der Waals surface area (Å²) in [6.45, 7) is 3.39. The summed E-state index contributed by atoms with van der Waals surface area (Å²) >= 11 is 0. The summed E-state index contributed by atoms with van der Waals surface area (Å²) in [6, 6.07) is 11.0. The minimum Gasteiger partial charge on any atom is -0.493 e. The second-order valence-corrected chi connectivity index (χ2v) is 5.61. The Morgan fingerprint density at radius 1 is 1.07 bits per heavy atom. The summed E-state index contributed by atoms with van der Waals surface area (Å²) in [5.74, 6) is -0.871. The fourth-order valence-electron chi connectivity index (χ4n) is 2.63. The van der Waals surface area contributed by atoms with Gasteiger partial charge in [-0.3, -0.25) is 9.59 Å². The third-order valence-electron chi connectivity index (χ3n) is 3.96. The van der Waals surface area contributed by atoms with E-state index in [9.17, 15) is 14.4 Å². The lowest BCUT2D eigenvalue weighted by molar-refractivity contribution is 0.0228. The number of nitrogens with zero attached hydrogens (tertiary/aromatic N) is 1. The van der Waals surface area contributed by atoms with Gasteiger partial charge in [0.25, 0.3) is 11.8 Å². The van der Waals surface area contributed by atoms with Gasteiger partial charge in [0.05, 0.1) is 23.8 Å². The Morgan fingerprint density at radius 2 is 1.74 bits per heavy atom. The van der Waals surface area contributed by atoms with E-state index in [2.05, 4.69) is 6.58 Å². The van der Waals surface area contributed by atoms with Crippen LogP contribution >= 0.6 is 0 Å². The Kier molecular flexibility index (Phi) is 5.21. The molecule has 0 atom stereocenters. The van der Waals surface area contributed by atoms with E-state index in [1.165, 1.54) is 19.2 Å². The van der Waals surface area contributed by atoms with Crippen LogP contribution in [0.4, 0.5) is 0 Å². The number of esters is 1. The fraction of sp³-hybridized carbons (Fsp3) is 0.150. The van der Waals surface area contributed by atoms with Crippen LogP contribution in [-0.2, 0) is 4.74 Å². The molecule has 0 radical (unpaired) electrons. The number of amides is 2. The van der Waals surface area contributed by atoms with E-state index in [0.717, 1.165) is 4.90 Å². The predicted molar refractivity (Wildman–Crippen MR) is 95.9 cm³/mol. The molecule has 0 aromatic heterocycles. The van der Waals surface area contributed by atoms with E-state index in [0.29, 0.717) is 29.2 Å². The average molecular weight is 367 g/mol. The van der Waals surface area contributed by atoms with Crippen molar-refractivity contribution in [2.45, 2.75) is 0 Å². The summed E-state index contributed by atoms with van der Waals surface area (Å²) < 4.78 is 15.8. The number of fused-ring (bicyclic) bond motifs is 1. The van der Waals surface area contributed by atoms with E-state index in [4.69, 9.17) is 14.2 Å². The molecular weight excluding hydrogens is 350 g/mol. The van der Waals surface area contributed by atoms with Crippen LogP contribution in [0.25, 0.3) is 0 Å². The summed E-state index contributed by atoms with van der Waals surface area (Å²) in [5, 5.41) is 0. The van der Waals surface area contributed by atoms with Crippen molar-refractivity contribution < 1.29 is 28.6 Å². The number of hydrogen-bond acceptors (Lipinski definition) is 6. The molecule has 2 amide bonds. The quantitative estimate of drug-likeness (QED) is 0.425. The minimum atomic E-state index is -0.694. The standard InChI is InChI=1S/C20H17NO6/c1-3-10-26-16-9-8-13(11-17(16)25-2)20(24)27-12-21-18(22)14-6-4-5-7-15(14)19(21)23/h3-9,11H,1,10,12H2,2H3. The molecule has 27 heavy (non-hydrogen) atoms. The van der Waals surface area contributed by atoms with Crippen LogP contribution in [0, 0.1) is 0 Å². The highest BCUT2D eigenvalue weighted by Gasteiger charge is 2.35. The van der Waals surface area contributed by atoms with Gasteiger partial charge in [-0.2, -0.15) is 0 Å². The lowest BCUT2D eigenvalue weighted by Gasteiger charge is -2.15. The molecule has 0 spiro atoms. The number of rotatable bonds is 7. The monoisotopic (exact) mass is 367 g/mol. The third-order valence-corrected chi connectivity index (χ3v) is 3.96. The second-order valence-electron chi connectivity index (χ2n) is 5.61. The van der Waals surface area contributed by atoms with E-state index in [-0.39, 0.29) is 5.56 Å². The summed E-state index contributed by atoms with van der Waals surface area (Å²) in [5.41, 5.74) is 0.794. The molecule has 0 aliphatic carbocycles. The normalized spacial score (nSPS) is 12.6. The van der Waals surface area contributed by atoms with E-state index in [1.54, 1.807) is 36.4 Å². The Hall–Kier alpha value is -3.61. The Labute approximate surface area is 155 Å². The molecule has 1 aliphatic rings. The fourth-order valence-corrected chi connectivity index (χ4v) is 2.63. The minimum absolute atomic E-state index is 0.203. The highest BCUT2D eigenvalue weighted by molar-refractivity contribution is 6.21. The molecule has 3 rings (SSSR count). The maximum absolute atomic E-state index is 12.3. The highest BCUT2D eigenvalue weighted by atomic mass is 16.5. The zero-order chi connectivity index (χ0) is 19.4. The molecule has 7 heteroatoms.